The van der Waals surface area contributed by atoms with Crippen LogP contribution >= 0.6 is 11.3 Å². The van der Waals surface area contributed by atoms with Gasteiger partial charge < -0.3 is 15.0 Å². The SMILES string of the molecule is CN(C)C(=O)N[C@@H]1CN(Cc2ccsc2)[C@H]2CCCO[C@@H]12. The maximum absolute atomic E-state index is 11.9. The summed E-state index contributed by atoms with van der Waals surface area (Å²) in [6, 6.07) is 2.65. The lowest BCUT2D eigenvalue weighted by Crippen LogP contribution is -2.50. The van der Waals surface area contributed by atoms with Crippen molar-refractivity contribution in [3.8, 4) is 0 Å². The van der Waals surface area contributed by atoms with E-state index >= 15 is 0 Å². The fourth-order valence-corrected chi connectivity index (χ4v) is 3.93. The van der Waals surface area contributed by atoms with Crippen LogP contribution in [0.1, 0.15) is 18.4 Å². The third-order valence-electron chi connectivity index (χ3n) is 4.31. The number of urea groups is 1. The third kappa shape index (κ3) is 3.22. The second-order valence-corrected chi connectivity index (χ2v) is 6.84. The molecule has 21 heavy (non-hydrogen) atoms. The van der Waals surface area contributed by atoms with Crippen molar-refractivity contribution in [2.24, 2.45) is 0 Å². The van der Waals surface area contributed by atoms with E-state index < -0.39 is 0 Å². The molecular formula is C15H23N3O2S. The number of amides is 2. The number of carbonyl (C=O) groups is 1. The molecule has 0 bridgehead atoms. The fraction of sp³-hybridized carbons (Fsp3) is 0.667. The normalized spacial score (nSPS) is 29.1. The predicted molar refractivity (Wildman–Crippen MR) is 83.5 cm³/mol. The van der Waals surface area contributed by atoms with Crippen LogP contribution in [0.2, 0.25) is 0 Å². The average molecular weight is 309 g/mol. The van der Waals surface area contributed by atoms with Crippen LogP contribution in [0.4, 0.5) is 4.79 Å². The van der Waals surface area contributed by atoms with Gasteiger partial charge >= 0.3 is 6.03 Å². The van der Waals surface area contributed by atoms with Crippen LogP contribution in [-0.4, -0.2) is 61.3 Å². The molecule has 0 saturated carbocycles. The molecule has 3 heterocycles. The zero-order chi connectivity index (χ0) is 14.8. The summed E-state index contributed by atoms with van der Waals surface area (Å²) in [6.07, 6.45) is 2.39. The molecule has 2 amide bonds. The van der Waals surface area contributed by atoms with E-state index in [0.29, 0.717) is 6.04 Å². The minimum Gasteiger partial charge on any atom is -0.374 e. The van der Waals surface area contributed by atoms with Gasteiger partial charge in [-0.1, -0.05) is 0 Å². The Bertz CT molecular complexity index is 477. The van der Waals surface area contributed by atoms with Crippen molar-refractivity contribution in [1.29, 1.82) is 0 Å². The van der Waals surface area contributed by atoms with E-state index in [9.17, 15) is 4.79 Å². The Hall–Kier alpha value is -1.11. The lowest BCUT2D eigenvalue weighted by atomic mass is 10.0. The lowest BCUT2D eigenvalue weighted by Gasteiger charge is -2.32. The molecular weight excluding hydrogens is 286 g/mol. The highest BCUT2D eigenvalue weighted by Gasteiger charge is 2.44. The van der Waals surface area contributed by atoms with Gasteiger partial charge in [0.15, 0.2) is 0 Å². The van der Waals surface area contributed by atoms with E-state index in [1.54, 1.807) is 30.3 Å². The minimum absolute atomic E-state index is 0.0368. The first-order chi connectivity index (χ1) is 10.1. The molecule has 0 aromatic carbocycles. The molecule has 2 aliphatic heterocycles. The largest absolute Gasteiger partial charge is 0.374 e. The van der Waals surface area contributed by atoms with Gasteiger partial charge in [0, 0.05) is 39.8 Å². The highest BCUT2D eigenvalue weighted by molar-refractivity contribution is 7.07. The average Bonchev–Trinajstić information content (AvgIpc) is 3.09. The topological polar surface area (TPSA) is 44.8 Å². The van der Waals surface area contributed by atoms with Gasteiger partial charge in [-0.05, 0) is 35.2 Å². The Balaban J connectivity index is 1.69. The number of hydrogen-bond acceptors (Lipinski definition) is 4. The van der Waals surface area contributed by atoms with Gasteiger partial charge in [0.2, 0.25) is 0 Å². The van der Waals surface area contributed by atoms with Crippen LogP contribution < -0.4 is 5.32 Å². The molecule has 0 spiro atoms. The first kappa shape index (κ1) is 14.8. The molecule has 1 N–H and O–H groups in total. The minimum atomic E-state index is -0.0368. The summed E-state index contributed by atoms with van der Waals surface area (Å²) >= 11 is 1.73. The van der Waals surface area contributed by atoms with Crippen molar-refractivity contribution in [3.63, 3.8) is 0 Å². The van der Waals surface area contributed by atoms with Gasteiger partial charge in [-0.2, -0.15) is 11.3 Å². The number of likely N-dealkylation sites (tertiary alicyclic amines) is 1. The smallest absolute Gasteiger partial charge is 0.317 e. The van der Waals surface area contributed by atoms with Crippen molar-refractivity contribution in [2.45, 2.75) is 37.6 Å². The first-order valence-electron chi connectivity index (χ1n) is 7.49. The van der Waals surface area contributed by atoms with E-state index in [2.05, 4.69) is 27.0 Å². The molecule has 1 aromatic rings. The summed E-state index contributed by atoms with van der Waals surface area (Å²) < 4.78 is 5.97. The Morgan fingerprint density at radius 3 is 3.14 bits per heavy atom. The van der Waals surface area contributed by atoms with Gasteiger partial charge in [0.05, 0.1) is 12.1 Å². The number of nitrogens with zero attached hydrogens (tertiary/aromatic N) is 2. The Kier molecular flexibility index (Phi) is 4.47. The van der Waals surface area contributed by atoms with E-state index in [1.165, 1.54) is 5.56 Å². The molecule has 0 radical (unpaired) electrons. The Morgan fingerprint density at radius 2 is 2.43 bits per heavy atom. The highest BCUT2D eigenvalue weighted by Crippen LogP contribution is 2.30. The van der Waals surface area contributed by atoms with Crippen LogP contribution in [0.5, 0.6) is 0 Å². The van der Waals surface area contributed by atoms with Gasteiger partial charge in [-0.3, -0.25) is 4.90 Å². The quantitative estimate of drug-likeness (QED) is 0.925. The summed E-state index contributed by atoms with van der Waals surface area (Å²) in [6.45, 7) is 2.62. The molecule has 1 aromatic heterocycles. The maximum Gasteiger partial charge on any atom is 0.317 e. The predicted octanol–water partition coefficient (Wildman–Crippen LogP) is 1.75. The van der Waals surface area contributed by atoms with Gasteiger partial charge in [0.25, 0.3) is 0 Å². The summed E-state index contributed by atoms with van der Waals surface area (Å²) in [4.78, 5) is 16.0. The molecule has 0 unspecified atom stereocenters. The molecule has 116 valence electrons. The molecule has 6 heteroatoms. The molecule has 5 nitrogen and oxygen atoms in total. The van der Waals surface area contributed by atoms with Crippen LogP contribution in [0.3, 0.4) is 0 Å². The molecule has 3 atom stereocenters. The zero-order valence-corrected chi connectivity index (χ0v) is 13.4. The van der Waals surface area contributed by atoms with Crippen LogP contribution in [-0.2, 0) is 11.3 Å². The van der Waals surface area contributed by atoms with Crippen LogP contribution in [0, 0.1) is 0 Å². The Morgan fingerprint density at radius 1 is 1.57 bits per heavy atom. The zero-order valence-electron chi connectivity index (χ0n) is 12.6. The number of rotatable bonds is 3. The number of thiophene rings is 1. The van der Waals surface area contributed by atoms with Gasteiger partial charge in [-0.25, -0.2) is 4.79 Å². The number of carbonyl (C=O) groups excluding carboxylic acids is 1. The van der Waals surface area contributed by atoms with E-state index in [1.807, 2.05) is 0 Å². The van der Waals surface area contributed by atoms with Crippen molar-refractivity contribution in [1.82, 2.24) is 15.1 Å². The summed E-state index contributed by atoms with van der Waals surface area (Å²) in [5, 5.41) is 7.43. The summed E-state index contributed by atoms with van der Waals surface area (Å²) in [5.74, 6) is 0. The van der Waals surface area contributed by atoms with Crippen LogP contribution in [0.15, 0.2) is 16.8 Å². The Labute approximate surface area is 129 Å². The number of ether oxygens (including phenoxy) is 1. The van der Waals surface area contributed by atoms with Crippen LogP contribution in [0.25, 0.3) is 0 Å². The fourth-order valence-electron chi connectivity index (χ4n) is 3.27. The molecule has 0 aliphatic carbocycles. The van der Waals surface area contributed by atoms with E-state index in [0.717, 1.165) is 32.5 Å². The molecule has 2 aliphatic rings. The maximum atomic E-state index is 11.9. The molecule has 2 fully saturated rings. The second-order valence-electron chi connectivity index (χ2n) is 6.06. The van der Waals surface area contributed by atoms with Crippen molar-refractivity contribution in [2.75, 3.05) is 27.2 Å². The lowest BCUT2D eigenvalue weighted by molar-refractivity contribution is -0.0207. The van der Waals surface area contributed by atoms with E-state index in [-0.39, 0.29) is 18.2 Å². The number of nitrogens with one attached hydrogen (secondary N) is 1. The van der Waals surface area contributed by atoms with Crippen molar-refractivity contribution >= 4 is 17.4 Å². The summed E-state index contributed by atoms with van der Waals surface area (Å²) in [7, 11) is 3.54. The van der Waals surface area contributed by atoms with E-state index in [4.69, 9.17) is 4.74 Å². The highest BCUT2D eigenvalue weighted by atomic mass is 32.1. The van der Waals surface area contributed by atoms with Gasteiger partial charge in [0.1, 0.15) is 0 Å². The first-order valence-corrected chi connectivity index (χ1v) is 8.44. The molecule has 2 saturated heterocycles. The number of fused-ring (bicyclic) bond motifs is 1. The molecule has 3 rings (SSSR count). The number of hydrogen-bond donors (Lipinski definition) is 1. The summed E-state index contributed by atoms with van der Waals surface area (Å²) in [5.41, 5.74) is 1.35. The monoisotopic (exact) mass is 309 g/mol. The third-order valence-corrected chi connectivity index (χ3v) is 5.04. The van der Waals surface area contributed by atoms with Crippen molar-refractivity contribution < 1.29 is 9.53 Å². The standard InChI is InChI=1S/C15H23N3O2S/c1-17(2)15(19)16-12-9-18(8-11-5-7-21-10-11)13-4-3-6-20-14(12)13/h5,7,10,12-14H,3-4,6,8-9H2,1-2H3,(H,16,19)/t12-,13+,14+/m1/s1. The second kappa shape index (κ2) is 6.34. The van der Waals surface area contributed by atoms with Gasteiger partial charge in [-0.15, -0.1) is 0 Å². The van der Waals surface area contributed by atoms with Crippen molar-refractivity contribution in [3.05, 3.63) is 22.4 Å².